The van der Waals surface area contributed by atoms with Crippen molar-refractivity contribution in [2.75, 3.05) is 49.0 Å². The van der Waals surface area contributed by atoms with Crippen LogP contribution in [0.15, 0.2) is 18.3 Å². The number of hydrogen-bond acceptors (Lipinski definition) is 8. The summed E-state index contributed by atoms with van der Waals surface area (Å²) < 4.78 is 10.8. The summed E-state index contributed by atoms with van der Waals surface area (Å²) in [5, 5.41) is 12.4. The highest BCUT2D eigenvalue weighted by Gasteiger charge is 2.28. The summed E-state index contributed by atoms with van der Waals surface area (Å²) in [6, 6.07) is 5.63. The van der Waals surface area contributed by atoms with Gasteiger partial charge in [0.15, 0.2) is 0 Å². The Labute approximate surface area is 227 Å². The number of pyridine rings is 2. The molecule has 1 fully saturated rings. The van der Waals surface area contributed by atoms with Gasteiger partial charge in [0.05, 0.1) is 25.8 Å². The highest BCUT2D eigenvalue weighted by Crippen LogP contribution is 2.32. The topological polar surface area (TPSA) is 121 Å². The van der Waals surface area contributed by atoms with Crippen LogP contribution >= 0.6 is 11.8 Å². The number of thioether (sulfide) groups is 1. The van der Waals surface area contributed by atoms with E-state index in [2.05, 4.69) is 29.5 Å². The molecule has 38 heavy (non-hydrogen) atoms. The van der Waals surface area contributed by atoms with Crippen molar-refractivity contribution in [1.82, 2.24) is 14.9 Å². The lowest BCUT2D eigenvalue weighted by atomic mass is 10.00. The Kier molecular flexibility index (Phi) is 9.29. The maximum Gasteiger partial charge on any atom is 0.410 e. The lowest BCUT2D eigenvalue weighted by Gasteiger charge is -2.30. The van der Waals surface area contributed by atoms with Crippen LogP contribution in [-0.4, -0.2) is 65.8 Å². The molecule has 10 nitrogen and oxygen atoms in total. The zero-order valence-electron chi connectivity index (χ0n) is 22.2. The zero-order chi connectivity index (χ0) is 27.1. The van der Waals surface area contributed by atoms with Gasteiger partial charge in [-0.3, -0.25) is 10.2 Å². The number of fused-ring (bicyclic) bond motifs is 1. The molecule has 11 heteroatoms. The molecule has 0 aromatic carbocycles. The zero-order valence-corrected chi connectivity index (χ0v) is 23.0. The van der Waals surface area contributed by atoms with E-state index in [-0.39, 0.29) is 12.1 Å². The Hall–Kier alpha value is -3.52. The standard InChI is InChI=1S/C27H34N6O4S/c1-18(17-38-3)11-20-13-23(29-15-22(20)14-28)30-26(34)33-9-6-7-19-12-21(25(36-2)31-24(19)33)16-32-8-4-5-10-37-27(32)35/h12-13,15,18H,4-11,16-17H2,1-3H3,(H,29,30,34)/t18-/m0/s1. The number of aryl methyl sites for hydroxylation is 1. The van der Waals surface area contributed by atoms with Crippen molar-refractivity contribution in [3.63, 3.8) is 0 Å². The number of hydrogen-bond donors (Lipinski definition) is 1. The highest BCUT2D eigenvalue weighted by molar-refractivity contribution is 7.98. The van der Waals surface area contributed by atoms with E-state index in [1.54, 1.807) is 27.6 Å². The van der Waals surface area contributed by atoms with Gasteiger partial charge in [0, 0.05) is 24.8 Å². The van der Waals surface area contributed by atoms with Gasteiger partial charge < -0.3 is 14.4 Å². The lowest BCUT2D eigenvalue weighted by Crippen LogP contribution is -2.40. The minimum atomic E-state index is -0.343. The number of ether oxygens (including phenoxy) is 2. The smallest absolute Gasteiger partial charge is 0.410 e. The molecule has 0 spiro atoms. The molecule has 1 N–H and O–H groups in total. The monoisotopic (exact) mass is 538 g/mol. The molecule has 1 saturated heterocycles. The maximum atomic E-state index is 13.4. The predicted molar refractivity (Wildman–Crippen MR) is 147 cm³/mol. The summed E-state index contributed by atoms with van der Waals surface area (Å²) in [5.41, 5.74) is 3.09. The largest absolute Gasteiger partial charge is 0.481 e. The molecule has 0 saturated carbocycles. The second kappa shape index (κ2) is 12.8. The molecular formula is C27H34N6O4S. The number of amides is 3. The number of nitrogens with zero attached hydrogens (tertiary/aromatic N) is 5. The first-order chi connectivity index (χ1) is 18.4. The summed E-state index contributed by atoms with van der Waals surface area (Å²) >= 11 is 1.77. The number of anilines is 2. The molecule has 0 aliphatic carbocycles. The third-order valence-corrected chi connectivity index (χ3v) is 7.57. The quantitative estimate of drug-likeness (QED) is 0.517. The Morgan fingerprint density at radius 3 is 2.89 bits per heavy atom. The fourth-order valence-corrected chi connectivity index (χ4v) is 5.53. The summed E-state index contributed by atoms with van der Waals surface area (Å²) in [4.78, 5) is 38.0. The van der Waals surface area contributed by atoms with Crippen LogP contribution in [0.3, 0.4) is 0 Å². The fourth-order valence-electron chi connectivity index (χ4n) is 4.84. The van der Waals surface area contributed by atoms with Gasteiger partial charge in [-0.05, 0) is 73.3 Å². The molecule has 4 heterocycles. The van der Waals surface area contributed by atoms with Crippen LogP contribution in [-0.2, 0) is 24.1 Å². The molecule has 0 radical (unpaired) electrons. The van der Waals surface area contributed by atoms with Crippen LogP contribution < -0.4 is 15.0 Å². The minimum Gasteiger partial charge on any atom is -0.481 e. The van der Waals surface area contributed by atoms with E-state index in [9.17, 15) is 14.9 Å². The molecule has 202 valence electrons. The number of cyclic esters (lactones) is 1. The number of nitriles is 1. The van der Waals surface area contributed by atoms with Crippen molar-refractivity contribution < 1.29 is 19.1 Å². The first-order valence-corrected chi connectivity index (χ1v) is 14.3. The number of methoxy groups -OCH3 is 1. The Morgan fingerprint density at radius 2 is 2.13 bits per heavy atom. The van der Waals surface area contributed by atoms with Crippen LogP contribution in [0.1, 0.15) is 48.4 Å². The fraction of sp³-hybridized carbons (Fsp3) is 0.519. The SMILES string of the molecule is COc1nc2c(cc1CN1CCCCOC1=O)CCCN2C(=O)Nc1cc(C[C@H](C)CSC)c(C#N)cn1. The number of nitrogens with one attached hydrogen (secondary N) is 1. The van der Waals surface area contributed by atoms with E-state index < -0.39 is 0 Å². The molecular weight excluding hydrogens is 504 g/mol. The summed E-state index contributed by atoms with van der Waals surface area (Å²) in [6.45, 7) is 4.03. The van der Waals surface area contributed by atoms with Gasteiger partial charge in [-0.15, -0.1) is 0 Å². The third kappa shape index (κ3) is 6.48. The molecule has 3 amide bonds. The predicted octanol–water partition coefficient (Wildman–Crippen LogP) is 4.62. The van der Waals surface area contributed by atoms with Crippen LogP contribution in [0.2, 0.25) is 0 Å². The second-order valence-corrected chi connectivity index (χ2v) is 10.6. The van der Waals surface area contributed by atoms with E-state index in [1.165, 1.54) is 13.3 Å². The lowest BCUT2D eigenvalue weighted by molar-refractivity contribution is 0.113. The van der Waals surface area contributed by atoms with Gasteiger partial charge >= 0.3 is 12.1 Å². The van der Waals surface area contributed by atoms with E-state index >= 15 is 0 Å². The highest BCUT2D eigenvalue weighted by atomic mass is 32.2. The van der Waals surface area contributed by atoms with Gasteiger partial charge in [-0.1, -0.05) is 6.92 Å². The van der Waals surface area contributed by atoms with Crippen LogP contribution in [0, 0.1) is 17.2 Å². The molecule has 2 aromatic rings. The van der Waals surface area contributed by atoms with Gasteiger partial charge in [-0.2, -0.15) is 22.0 Å². The molecule has 1 atom stereocenters. The van der Waals surface area contributed by atoms with Crippen molar-refractivity contribution in [2.24, 2.45) is 5.92 Å². The Balaban J connectivity index is 1.54. The minimum absolute atomic E-state index is 0.333. The van der Waals surface area contributed by atoms with E-state index in [1.807, 2.05) is 6.07 Å². The number of rotatable bonds is 8. The number of carbonyl (C=O) groups is 2. The molecule has 2 aliphatic heterocycles. The second-order valence-electron chi connectivity index (χ2n) is 9.67. The first-order valence-electron chi connectivity index (χ1n) is 12.9. The van der Waals surface area contributed by atoms with Gasteiger partial charge in [0.25, 0.3) is 0 Å². The van der Waals surface area contributed by atoms with Crippen LogP contribution in [0.25, 0.3) is 0 Å². The van der Waals surface area contributed by atoms with Crippen LogP contribution in [0.4, 0.5) is 21.2 Å². The number of aromatic nitrogens is 2. The molecule has 4 rings (SSSR count). The van der Waals surface area contributed by atoms with E-state index in [4.69, 9.17) is 14.5 Å². The average molecular weight is 539 g/mol. The number of urea groups is 1. The van der Waals surface area contributed by atoms with Crippen molar-refractivity contribution in [1.29, 1.82) is 5.26 Å². The number of carbonyl (C=O) groups excluding carboxylic acids is 2. The Bertz CT molecular complexity index is 1220. The molecule has 0 unspecified atom stereocenters. The van der Waals surface area contributed by atoms with Crippen LogP contribution in [0.5, 0.6) is 5.88 Å². The van der Waals surface area contributed by atoms with E-state index in [0.717, 1.165) is 54.5 Å². The summed E-state index contributed by atoms with van der Waals surface area (Å²) in [7, 11) is 1.53. The van der Waals surface area contributed by atoms with Crippen molar-refractivity contribution in [2.45, 2.75) is 45.6 Å². The normalized spacial score (nSPS) is 16.1. The Morgan fingerprint density at radius 1 is 1.29 bits per heavy atom. The van der Waals surface area contributed by atoms with Crippen molar-refractivity contribution >= 4 is 35.5 Å². The third-order valence-electron chi connectivity index (χ3n) is 6.67. The summed E-state index contributed by atoms with van der Waals surface area (Å²) in [6.07, 6.45) is 7.24. The van der Waals surface area contributed by atoms with Gasteiger partial charge in [-0.25, -0.2) is 14.6 Å². The van der Waals surface area contributed by atoms with Gasteiger partial charge in [0.1, 0.15) is 17.7 Å². The summed E-state index contributed by atoms with van der Waals surface area (Å²) in [5.74, 6) is 2.68. The van der Waals surface area contributed by atoms with E-state index in [0.29, 0.717) is 55.2 Å². The van der Waals surface area contributed by atoms with Gasteiger partial charge in [0.2, 0.25) is 5.88 Å². The molecule has 2 aliphatic rings. The average Bonchev–Trinajstić information content (AvgIpc) is 3.11. The maximum absolute atomic E-state index is 13.4. The first kappa shape index (κ1) is 27.5. The van der Waals surface area contributed by atoms with Crippen molar-refractivity contribution in [3.05, 3.63) is 40.6 Å². The molecule has 0 bridgehead atoms. The molecule has 2 aromatic heterocycles. The van der Waals surface area contributed by atoms with Crippen molar-refractivity contribution in [3.8, 4) is 11.9 Å².